The van der Waals surface area contributed by atoms with Gasteiger partial charge in [-0.2, -0.15) is 0 Å². The van der Waals surface area contributed by atoms with Crippen molar-refractivity contribution < 1.29 is 0 Å². The first-order valence-corrected chi connectivity index (χ1v) is 7.35. The number of piperazine rings is 1. The number of rotatable bonds is 3. The summed E-state index contributed by atoms with van der Waals surface area (Å²) in [7, 11) is 0. The molecule has 0 unspecified atom stereocenters. The summed E-state index contributed by atoms with van der Waals surface area (Å²) in [4.78, 5) is 9.16. The van der Waals surface area contributed by atoms with Crippen LogP contribution in [0.4, 0.5) is 10.1 Å². The molecule has 1 aromatic heterocycles. The van der Waals surface area contributed by atoms with E-state index in [1.165, 1.54) is 5.56 Å². The normalized spacial score (nSPS) is 16.7. The minimum absolute atomic E-state index is 0.793. The quantitative estimate of drug-likeness (QED) is 0.930. The highest BCUT2D eigenvalue weighted by molar-refractivity contribution is 7.19. The molecule has 1 fully saturated rings. The summed E-state index contributed by atoms with van der Waals surface area (Å²) in [6.07, 6.45) is 1.75. The minimum atomic E-state index is 0.793. The monoisotopic (exact) mass is 274 g/mol. The van der Waals surface area contributed by atoms with E-state index in [0.717, 1.165) is 42.9 Å². The molecule has 0 aliphatic carbocycles. The van der Waals surface area contributed by atoms with E-state index >= 15 is 0 Å². The second kappa shape index (κ2) is 5.59. The van der Waals surface area contributed by atoms with Crippen molar-refractivity contribution in [1.29, 1.82) is 0 Å². The number of benzene rings is 1. The zero-order valence-electron chi connectivity index (χ0n) is 10.8. The summed E-state index contributed by atoms with van der Waals surface area (Å²) in [5.41, 5.74) is 7.12. The summed E-state index contributed by atoms with van der Waals surface area (Å²) < 4.78 is 0. The average Bonchev–Trinajstić information content (AvgIpc) is 2.87. The first-order valence-electron chi connectivity index (χ1n) is 6.54. The molecule has 19 heavy (non-hydrogen) atoms. The first-order chi connectivity index (χ1) is 9.31. The fourth-order valence-corrected chi connectivity index (χ4v) is 3.10. The molecule has 2 heterocycles. The molecular weight excluding hydrogens is 256 g/mol. The highest BCUT2D eigenvalue weighted by Crippen LogP contribution is 2.25. The van der Waals surface area contributed by atoms with E-state index in [2.05, 4.69) is 45.1 Å². The van der Waals surface area contributed by atoms with Crippen LogP contribution in [0.3, 0.4) is 0 Å². The van der Waals surface area contributed by atoms with Gasteiger partial charge in [-0.1, -0.05) is 41.7 Å². The Hall–Kier alpha value is -1.59. The number of thiazole rings is 1. The molecule has 0 saturated carbocycles. The van der Waals surface area contributed by atoms with Crippen molar-refractivity contribution in [2.45, 2.75) is 6.54 Å². The molecule has 0 bridgehead atoms. The van der Waals surface area contributed by atoms with Gasteiger partial charge in [-0.15, -0.1) is 0 Å². The molecule has 0 radical (unpaired) electrons. The number of anilines is 2. The van der Waals surface area contributed by atoms with Crippen LogP contribution in [0.25, 0.3) is 0 Å². The van der Waals surface area contributed by atoms with Gasteiger partial charge in [0.2, 0.25) is 0 Å². The largest absolute Gasteiger partial charge is 0.389 e. The Bertz CT molecular complexity index is 517. The van der Waals surface area contributed by atoms with Crippen LogP contribution in [-0.2, 0) is 6.54 Å². The van der Waals surface area contributed by atoms with Crippen molar-refractivity contribution >= 4 is 21.5 Å². The maximum atomic E-state index is 5.73. The zero-order chi connectivity index (χ0) is 13.1. The topological polar surface area (TPSA) is 45.4 Å². The molecule has 2 N–H and O–H groups in total. The van der Waals surface area contributed by atoms with Gasteiger partial charge >= 0.3 is 0 Å². The van der Waals surface area contributed by atoms with Crippen molar-refractivity contribution in [3.05, 3.63) is 42.1 Å². The molecule has 0 atom stereocenters. The van der Waals surface area contributed by atoms with Gasteiger partial charge in [-0.3, -0.25) is 4.90 Å². The molecule has 0 amide bonds. The van der Waals surface area contributed by atoms with Crippen LogP contribution < -0.4 is 10.6 Å². The molecule has 1 saturated heterocycles. The molecule has 4 nitrogen and oxygen atoms in total. The summed E-state index contributed by atoms with van der Waals surface area (Å²) >= 11 is 1.57. The zero-order valence-corrected chi connectivity index (χ0v) is 11.6. The SMILES string of the molecule is Nc1cnc(N2CCN(Cc3ccccc3)CC2)s1. The third kappa shape index (κ3) is 3.05. The molecule has 5 heteroatoms. The van der Waals surface area contributed by atoms with Crippen LogP contribution in [0, 0.1) is 0 Å². The molecule has 0 spiro atoms. The molecule has 1 aliphatic rings. The lowest BCUT2D eigenvalue weighted by Crippen LogP contribution is -2.45. The lowest BCUT2D eigenvalue weighted by molar-refractivity contribution is 0.250. The van der Waals surface area contributed by atoms with Crippen LogP contribution in [0.1, 0.15) is 5.56 Å². The molecule has 2 aromatic rings. The summed E-state index contributed by atoms with van der Waals surface area (Å²) in [5, 5.41) is 1.85. The Balaban J connectivity index is 1.55. The fraction of sp³-hybridized carbons (Fsp3) is 0.357. The van der Waals surface area contributed by atoms with Crippen LogP contribution >= 0.6 is 11.3 Å². The summed E-state index contributed by atoms with van der Waals surface area (Å²) in [5.74, 6) is 0. The van der Waals surface area contributed by atoms with Crippen LogP contribution in [-0.4, -0.2) is 36.1 Å². The number of nitrogens with two attached hydrogens (primary N) is 1. The van der Waals surface area contributed by atoms with Crippen LogP contribution in [0.15, 0.2) is 36.5 Å². The second-order valence-corrected chi connectivity index (χ2v) is 5.83. The third-order valence-corrected chi connectivity index (χ3v) is 4.29. The molecule has 3 rings (SSSR count). The second-order valence-electron chi connectivity index (χ2n) is 4.79. The van der Waals surface area contributed by atoms with Crippen LogP contribution in [0.5, 0.6) is 0 Å². The fourth-order valence-electron chi connectivity index (χ4n) is 2.36. The van der Waals surface area contributed by atoms with E-state index in [1.54, 1.807) is 17.5 Å². The first kappa shape index (κ1) is 12.4. The Morgan fingerprint density at radius 3 is 2.47 bits per heavy atom. The lowest BCUT2D eigenvalue weighted by Gasteiger charge is -2.34. The van der Waals surface area contributed by atoms with Gasteiger partial charge in [0.1, 0.15) is 5.00 Å². The lowest BCUT2D eigenvalue weighted by atomic mass is 10.2. The number of hydrogen-bond donors (Lipinski definition) is 1. The predicted octanol–water partition coefficient (Wildman–Crippen LogP) is 2.05. The average molecular weight is 274 g/mol. The van der Waals surface area contributed by atoms with Gasteiger partial charge < -0.3 is 10.6 Å². The highest BCUT2D eigenvalue weighted by Gasteiger charge is 2.19. The maximum absolute atomic E-state index is 5.73. The van der Waals surface area contributed by atoms with E-state index in [9.17, 15) is 0 Å². The Labute approximate surface area is 117 Å². The van der Waals surface area contributed by atoms with E-state index in [-0.39, 0.29) is 0 Å². The van der Waals surface area contributed by atoms with Gasteiger partial charge in [0, 0.05) is 32.7 Å². The van der Waals surface area contributed by atoms with Crippen LogP contribution in [0.2, 0.25) is 0 Å². The van der Waals surface area contributed by atoms with Crippen molar-refractivity contribution in [3.8, 4) is 0 Å². The highest BCUT2D eigenvalue weighted by atomic mass is 32.1. The number of nitrogen functional groups attached to an aromatic ring is 1. The smallest absolute Gasteiger partial charge is 0.187 e. The van der Waals surface area contributed by atoms with E-state index in [1.807, 2.05) is 0 Å². The standard InChI is InChI=1S/C14H18N4S/c15-13-10-16-14(19-13)18-8-6-17(7-9-18)11-12-4-2-1-3-5-12/h1-5,10H,6-9,11,15H2. The van der Waals surface area contributed by atoms with Gasteiger partial charge in [0.05, 0.1) is 6.20 Å². The van der Waals surface area contributed by atoms with E-state index in [0.29, 0.717) is 0 Å². The van der Waals surface area contributed by atoms with Crippen molar-refractivity contribution in [2.24, 2.45) is 0 Å². The molecule has 1 aromatic carbocycles. The predicted molar refractivity (Wildman–Crippen MR) is 80.5 cm³/mol. The molecular formula is C14H18N4S. The van der Waals surface area contributed by atoms with Gasteiger partial charge in [0.25, 0.3) is 0 Å². The third-order valence-electron chi connectivity index (χ3n) is 3.40. The molecule has 1 aliphatic heterocycles. The summed E-state index contributed by atoms with van der Waals surface area (Å²) in [6, 6.07) is 10.6. The van der Waals surface area contributed by atoms with Crippen molar-refractivity contribution in [3.63, 3.8) is 0 Å². The van der Waals surface area contributed by atoms with Crippen molar-refractivity contribution in [2.75, 3.05) is 36.8 Å². The Kier molecular flexibility index (Phi) is 3.66. The number of hydrogen-bond acceptors (Lipinski definition) is 5. The minimum Gasteiger partial charge on any atom is -0.389 e. The molecule has 100 valence electrons. The maximum Gasteiger partial charge on any atom is 0.187 e. The van der Waals surface area contributed by atoms with E-state index in [4.69, 9.17) is 5.73 Å². The van der Waals surface area contributed by atoms with E-state index < -0.39 is 0 Å². The van der Waals surface area contributed by atoms with Crippen molar-refractivity contribution in [1.82, 2.24) is 9.88 Å². The summed E-state index contributed by atoms with van der Waals surface area (Å²) in [6.45, 7) is 5.25. The Morgan fingerprint density at radius 2 is 1.84 bits per heavy atom. The van der Waals surface area contributed by atoms with Gasteiger partial charge in [0.15, 0.2) is 5.13 Å². The number of nitrogens with zero attached hydrogens (tertiary/aromatic N) is 3. The number of aromatic nitrogens is 1. The Morgan fingerprint density at radius 1 is 1.11 bits per heavy atom. The van der Waals surface area contributed by atoms with Gasteiger partial charge in [-0.25, -0.2) is 4.98 Å². The van der Waals surface area contributed by atoms with Gasteiger partial charge in [-0.05, 0) is 5.56 Å².